The summed E-state index contributed by atoms with van der Waals surface area (Å²) in [6, 6.07) is 2.86. The van der Waals surface area contributed by atoms with Gasteiger partial charge in [0.05, 0.1) is 11.6 Å². The van der Waals surface area contributed by atoms with Crippen molar-refractivity contribution in [3.63, 3.8) is 0 Å². The van der Waals surface area contributed by atoms with Gasteiger partial charge in [0.25, 0.3) is 0 Å². The molecule has 1 heterocycles. The quantitative estimate of drug-likeness (QED) is 0.831. The summed E-state index contributed by atoms with van der Waals surface area (Å²) in [5, 5.41) is 0. The Kier molecular flexibility index (Phi) is 2.61. The van der Waals surface area contributed by atoms with Crippen LogP contribution in [0.2, 0.25) is 0 Å². The van der Waals surface area contributed by atoms with Gasteiger partial charge in [0.15, 0.2) is 5.82 Å². The van der Waals surface area contributed by atoms with Crippen LogP contribution in [0.3, 0.4) is 0 Å². The molecule has 1 aliphatic carbocycles. The van der Waals surface area contributed by atoms with E-state index in [4.69, 9.17) is 12.2 Å². The molecule has 3 rings (SSSR count). The number of nitrogens with zero attached hydrogens (tertiary/aromatic N) is 1. The molecule has 0 spiro atoms. The minimum Gasteiger partial charge on any atom is -0.341 e. The summed E-state index contributed by atoms with van der Waals surface area (Å²) in [5.74, 6) is 2.66. The first kappa shape index (κ1) is 12.2. The lowest BCUT2D eigenvalue weighted by Crippen LogP contribution is -2.16. The van der Waals surface area contributed by atoms with Gasteiger partial charge in [-0.3, -0.25) is 0 Å². The molecular weight excluding hydrogens is 241 g/mol. The van der Waals surface area contributed by atoms with Gasteiger partial charge < -0.3 is 10.7 Å². The van der Waals surface area contributed by atoms with Crippen LogP contribution >= 0.6 is 0 Å². The third-order valence-corrected chi connectivity index (χ3v) is 3.89. The largest absolute Gasteiger partial charge is 0.341 e. The minimum absolute atomic E-state index is 0.186. The van der Waals surface area contributed by atoms with Crippen LogP contribution in [0, 0.1) is 23.6 Å². The maximum atomic E-state index is 13.8. The predicted octanol–water partition coefficient (Wildman–Crippen LogP) is 2.87. The molecule has 1 aromatic carbocycles. The van der Waals surface area contributed by atoms with E-state index in [1.807, 2.05) is 0 Å². The number of nitrogens with two attached hydrogens (primary N) is 1. The molecule has 0 saturated heterocycles. The summed E-state index contributed by atoms with van der Waals surface area (Å²) in [5.41, 5.74) is 7.91. The van der Waals surface area contributed by atoms with E-state index in [0.29, 0.717) is 27.8 Å². The Morgan fingerprint density at radius 3 is 2.95 bits per heavy atom. The number of halogens is 1. The molecule has 0 radical (unpaired) electrons. The highest BCUT2D eigenvalue weighted by Gasteiger charge is 2.39. The van der Waals surface area contributed by atoms with Crippen molar-refractivity contribution >= 4 is 11.0 Å². The van der Waals surface area contributed by atoms with E-state index in [-0.39, 0.29) is 6.04 Å². The number of H-pyrrole nitrogens is 1. The fourth-order valence-electron chi connectivity index (χ4n) is 2.40. The zero-order valence-electron chi connectivity index (χ0n) is 10.8. The molecule has 1 saturated carbocycles. The van der Waals surface area contributed by atoms with Crippen LogP contribution < -0.4 is 5.73 Å². The second kappa shape index (κ2) is 4.07. The zero-order chi connectivity index (χ0) is 13.6. The average molecular weight is 257 g/mol. The van der Waals surface area contributed by atoms with E-state index in [2.05, 4.69) is 22.8 Å². The maximum Gasteiger partial charge on any atom is 0.152 e. The summed E-state index contributed by atoms with van der Waals surface area (Å²) in [7, 11) is 0. The number of terminal acetylenes is 1. The Morgan fingerprint density at radius 1 is 1.58 bits per heavy atom. The van der Waals surface area contributed by atoms with Crippen LogP contribution in [0.4, 0.5) is 4.39 Å². The summed E-state index contributed by atoms with van der Waals surface area (Å²) in [6.07, 6.45) is 8.57. The van der Waals surface area contributed by atoms with E-state index >= 15 is 0 Å². The SMILES string of the molecule is C#Cc1cc(F)c2nc([C@@H](N)CC3(C)CC3)[nH]c2c1. The second-order valence-corrected chi connectivity index (χ2v) is 5.74. The lowest BCUT2D eigenvalue weighted by Gasteiger charge is -2.13. The number of aromatic nitrogens is 2. The van der Waals surface area contributed by atoms with Crippen molar-refractivity contribution < 1.29 is 4.39 Å². The molecule has 4 heteroatoms. The molecule has 1 fully saturated rings. The van der Waals surface area contributed by atoms with Crippen molar-refractivity contribution in [3.8, 4) is 12.3 Å². The van der Waals surface area contributed by atoms with Crippen LogP contribution in [0.5, 0.6) is 0 Å². The highest BCUT2D eigenvalue weighted by molar-refractivity contribution is 5.77. The summed E-state index contributed by atoms with van der Waals surface area (Å²) in [4.78, 5) is 7.36. The van der Waals surface area contributed by atoms with Crippen molar-refractivity contribution in [1.82, 2.24) is 9.97 Å². The van der Waals surface area contributed by atoms with Gasteiger partial charge in [-0.05, 0) is 36.8 Å². The summed E-state index contributed by atoms with van der Waals surface area (Å²) >= 11 is 0. The maximum absolute atomic E-state index is 13.8. The lowest BCUT2D eigenvalue weighted by molar-refractivity contribution is 0.446. The predicted molar refractivity (Wildman–Crippen MR) is 72.9 cm³/mol. The van der Waals surface area contributed by atoms with E-state index < -0.39 is 5.82 Å². The smallest absolute Gasteiger partial charge is 0.152 e. The number of benzene rings is 1. The fraction of sp³-hybridized carbons (Fsp3) is 0.400. The first-order valence-electron chi connectivity index (χ1n) is 6.42. The number of rotatable bonds is 3. The van der Waals surface area contributed by atoms with Crippen molar-refractivity contribution in [2.75, 3.05) is 0 Å². The second-order valence-electron chi connectivity index (χ2n) is 5.74. The molecule has 0 bridgehead atoms. The van der Waals surface area contributed by atoms with Gasteiger partial charge in [0.1, 0.15) is 11.3 Å². The molecule has 1 atom stereocenters. The third-order valence-electron chi connectivity index (χ3n) is 3.89. The average Bonchev–Trinajstić information content (AvgIpc) is 2.93. The Labute approximate surface area is 111 Å². The summed E-state index contributed by atoms with van der Waals surface area (Å²) < 4.78 is 13.8. The number of imidazole rings is 1. The Balaban J connectivity index is 1.97. The molecule has 1 aromatic heterocycles. The van der Waals surface area contributed by atoms with Crippen LogP contribution in [0.1, 0.15) is 43.6 Å². The first-order chi connectivity index (χ1) is 9.00. The molecular formula is C15H16FN3. The molecule has 2 aromatic rings. The zero-order valence-corrected chi connectivity index (χ0v) is 10.8. The van der Waals surface area contributed by atoms with E-state index in [1.54, 1.807) is 6.07 Å². The molecule has 0 aliphatic heterocycles. The minimum atomic E-state index is -0.405. The number of hydrogen-bond donors (Lipinski definition) is 2. The molecule has 0 unspecified atom stereocenters. The highest BCUT2D eigenvalue weighted by atomic mass is 19.1. The Morgan fingerprint density at radius 2 is 2.32 bits per heavy atom. The number of aromatic amines is 1. The van der Waals surface area contributed by atoms with E-state index in [1.165, 1.54) is 18.9 Å². The van der Waals surface area contributed by atoms with Gasteiger partial charge in [0.2, 0.25) is 0 Å². The van der Waals surface area contributed by atoms with Gasteiger partial charge in [-0.15, -0.1) is 6.42 Å². The van der Waals surface area contributed by atoms with Gasteiger partial charge in [-0.25, -0.2) is 9.37 Å². The monoisotopic (exact) mass is 257 g/mol. The van der Waals surface area contributed by atoms with Crippen LogP contribution in [0.15, 0.2) is 12.1 Å². The molecule has 3 nitrogen and oxygen atoms in total. The Bertz CT molecular complexity index is 676. The third kappa shape index (κ3) is 2.22. The number of hydrogen-bond acceptors (Lipinski definition) is 2. The van der Waals surface area contributed by atoms with E-state index in [0.717, 1.165) is 6.42 Å². The Hall–Kier alpha value is -1.86. The van der Waals surface area contributed by atoms with Crippen molar-refractivity contribution in [1.29, 1.82) is 0 Å². The topological polar surface area (TPSA) is 54.7 Å². The molecule has 19 heavy (non-hydrogen) atoms. The van der Waals surface area contributed by atoms with Crippen LogP contribution in [0.25, 0.3) is 11.0 Å². The molecule has 98 valence electrons. The molecule has 1 aliphatic rings. The van der Waals surface area contributed by atoms with Crippen molar-refractivity contribution in [2.24, 2.45) is 11.1 Å². The van der Waals surface area contributed by atoms with Gasteiger partial charge in [-0.2, -0.15) is 0 Å². The summed E-state index contributed by atoms with van der Waals surface area (Å²) in [6.45, 7) is 2.21. The van der Waals surface area contributed by atoms with Crippen molar-refractivity contribution in [3.05, 3.63) is 29.3 Å². The van der Waals surface area contributed by atoms with Crippen LogP contribution in [-0.2, 0) is 0 Å². The normalized spacial score (nSPS) is 18.2. The van der Waals surface area contributed by atoms with Gasteiger partial charge in [0, 0.05) is 5.56 Å². The molecule has 3 N–H and O–H groups in total. The number of nitrogens with one attached hydrogen (secondary N) is 1. The highest BCUT2D eigenvalue weighted by Crippen LogP contribution is 2.50. The van der Waals surface area contributed by atoms with Crippen LogP contribution in [-0.4, -0.2) is 9.97 Å². The first-order valence-corrected chi connectivity index (χ1v) is 6.42. The van der Waals surface area contributed by atoms with Gasteiger partial charge in [-0.1, -0.05) is 12.8 Å². The van der Waals surface area contributed by atoms with E-state index in [9.17, 15) is 4.39 Å². The number of fused-ring (bicyclic) bond motifs is 1. The van der Waals surface area contributed by atoms with Crippen molar-refractivity contribution in [2.45, 2.75) is 32.2 Å². The van der Waals surface area contributed by atoms with Gasteiger partial charge >= 0.3 is 0 Å². The fourth-order valence-corrected chi connectivity index (χ4v) is 2.40. The standard InChI is InChI=1S/C15H16FN3/c1-3-9-6-10(16)13-12(7-9)18-14(19-13)11(17)8-15(2)4-5-15/h1,6-7,11H,4-5,8,17H2,2H3,(H,18,19)/t11-/m0/s1. The lowest BCUT2D eigenvalue weighted by atomic mass is 9.99. The molecule has 0 amide bonds.